The first kappa shape index (κ1) is 10.8. The van der Waals surface area contributed by atoms with E-state index in [1.807, 2.05) is 0 Å². The highest BCUT2D eigenvalue weighted by atomic mass is 32.1. The number of aromatic nitrogens is 3. The van der Waals surface area contributed by atoms with Crippen LogP contribution in [0, 0.1) is 9.54 Å². The highest BCUT2D eigenvalue weighted by Crippen LogP contribution is 1.95. The van der Waals surface area contributed by atoms with Gasteiger partial charge in [0.15, 0.2) is 4.77 Å². The first-order valence-electron chi connectivity index (χ1n) is 3.74. The van der Waals surface area contributed by atoms with Gasteiger partial charge in [0, 0.05) is 6.54 Å². The number of rotatable bonds is 4. The first-order chi connectivity index (χ1) is 6.58. The number of aliphatic carboxylic acids is 1. The molecule has 0 aliphatic carbocycles. The molecular formula is C6H8N4O2S2. The lowest BCUT2D eigenvalue weighted by molar-refractivity contribution is -0.136. The maximum Gasteiger partial charge on any atom is 0.305 e. The van der Waals surface area contributed by atoms with E-state index in [9.17, 15) is 4.79 Å². The van der Waals surface area contributed by atoms with Gasteiger partial charge in [0.25, 0.3) is 0 Å². The number of hydrogen-bond acceptors (Lipinski definition) is 5. The molecule has 14 heavy (non-hydrogen) atoms. The van der Waals surface area contributed by atoms with Crippen molar-refractivity contribution in [3.8, 4) is 0 Å². The van der Waals surface area contributed by atoms with Gasteiger partial charge in [0.05, 0.1) is 6.42 Å². The summed E-state index contributed by atoms with van der Waals surface area (Å²) < 4.78 is 0.606. The number of H-pyrrole nitrogens is 2. The smallest absolute Gasteiger partial charge is 0.305 e. The standard InChI is InChI=1S/C6H8N4O2S2/c11-3(12)1-2-7-4-8-5(13)10-6(14)9-4/h1-2H2,(H,11,12)(H3,7,8,9,10,13,14). The first-order valence-corrected chi connectivity index (χ1v) is 4.56. The molecule has 1 aromatic heterocycles. The lowest BCUT2D eigenvalue weighted by Gasteiger charge is -2.02. The molecule has 0 atom stereocenters. The Morgan fingerprint density at radius 3 is 2.79 bits per heavy atom. The van der Waals surface area contributed by atoms with Crippen molar-refractivity contribution in [3.05, 3.63) is 9.54 Å². The SMILES string of the molecule is O=C(O)CCNc1nc(=S)[nH]c(=S)[nH]1. The van der Waals surface area contributed by atoms with Crippen LogP contribution in [0.5, 0.6) is 0 Å². The predicted molar refractivity (Wildman–Crippen MR) is 55.3 cm³/mol. The Labute approximate surface area is 89.4 Å². The quantitative estimate of drug-likeness (QED) is 0.580. The zero-order chi connectivity index (χ0) is 10.6. The van der Waals surface area contributed by atoms with Crippen molar-refractivity contribution < 1.29 is 9.90 Å². The Kier molecular flexibility index (Phi) is 3.72. The Morgan fingerprint density at radius 2 is 2.21 bits per heavy atom. The largest absolute Gasteiger partial charge is 0.481 e. The highest BCUT2D eigenvalue weighted by molar-refractivity contribution is 7.71. The minimum Gasteiger partial charge on any atom is -0.481 e. The van der Waals surface area contributed by atoms with Crippen LogP contribution in [0.15, 0.2) is 0 Å². The number of hydrogen-bond donors (Lipinski definition) is 4. The highest BCUT2D eigenvalue weighted by Gasteiger charge is 1.97. The fourth-order valence-electron chi connectivity index (χ4n) is 0.765. The lowest BCUT2D eigenvalue weighted by Crippen LogP contribution is -2.10. The lowest BCUT2D eigenvalue weighted by atomic mass is 10.4. The Morgan fingerprint density at radius 1 is 1.50 bits per heavy atom. The van der Waals surface area contributed by atoms with E-state index < -0.39 is 5.97 Å². The summed E-state index contributed by atoms with van der Waals surface area (Å²) in [5.41, 5.74) is 0. The minimum absolute atomic E-state index is 0.00759. The molecule has 1 heterocycles. The molecule has 6 nitrogen and oxygen atoms in total. The number of carbonyl (C=O) groups is 1. The van der Waals surface area contributed by atoms with Crippen molar-refractivity contribution in [2.24, 2.45) is 0 Å². The van der Waals surface area contributed by atoms with Crippen LogP contribution in [0.3, 0.4) is 0 Å². The number of aromatic amines is 2. The number of nitrogens with zero attached hydrogens (tertiary/aromatic N) is 1. The summed E-state index contributed by atoms with van der Waals surface area (Å²) >= 11 is 9.59. The zero-order valence-corrected chi connectivity index (χ0v) is 8.67. The van der Waals surface area contributed by atoms with Gasteiger partial charge in [-0.1, -0.05) is 0 Å². The normalized spacial score (nSPS) is 9.71. The summed E-state index contributed by atoms with van der Waals surface area (Å²) in [6.07, 6.45) is 0.00759. The molecular weight excluding hydrogens is 224 g/mol. The second-order valence-corrected chi connectivity index (χ2v) is 3.21. The Bertz CT molecular complexity index is 410. The van der Waals surface area contributed by atoms with Gasteiger partial charge in [-0.15, -0.1) is 0 Å². The van der Waals surface area contributed by atoms with E-state index in [0.717, 1.165) is 0 Å². The number of anilines is 1. The topological polar surface area (TPSA) is 93.8 Å². The van der Waals surface area contributed by atoms with Crippen molar-refractivity contribution in [1.82, 2.24) is 15.0 Å². The maximum absolute atomic E-state index is 10.2. The van der Waals surface area contributed by atoms with Crippen LogP contribution in [0.1, 0.15) is 6.42 Å². The van der Waals surface area contributed by atoms with Crippen molar-refractivity contribution in [1.29, 1.82) is 0 Å². The fourth-order valence-corrected chi connectivity index (χ4v) is 1.22. The van der Waals surface area contributed by atoms with Crippen LogP contribution in [-0.4, -0.2) is 32.6 Å². The molecule has 0 aliphatic heterocycles. The average molecular weight is 232 g/mol. The molecule has 8 heteroatoms. The summed E-state index contributed by atoms with van der Waals surface area (Å²) in [7, 11) is 0. The van der Waals surface area contributed by atoms with Crippen LogP contribution in [0.4, 0.5) is 5.95 Å². The van der Waals surface area contributed by atoms with Gasteiger partial charge in [0.1, 0.15) is 0 Å². The van der Waals surface area contributed by atoms with Gasteiger partial charge in [0.2, 0.25) is 10.7 Å². The molecule has 1 aromatic rings. The molecule has 0 saturated heterocycles. The number of carboxylic acids is 1. The molecule has 0 radical (unpaired) electrons. The van der Waals surface area contributed by atoms with Gasteiger partial charge in [-0.2, -0.15) is 4.98 Å². The van der Waals surface area contributed by atoms with E-state index in [2.05, 4.69) is 20.3 Å². The fraction of sp³-hybridized carbons (Fsp3) is 0.333. The van der Waals surface area contributed by atoms with E-state index >= 15 is 0 Å². The minimum atomic E-state index is -0.878. The molecule has 76 valence electrons. The third-order valence-electron chi connectivity index (χ3n) is 1.30. The van der Waals surface area contributed by atoms with Gasteiger partial charge in [-0.05, 0) is 24.4 Å². The van der Waals surface area contributed by atoms with Gasteiger partial charge >= 0.3 is 5.97 Å². The van der Waals surface area contributed by atoms with E-state index in [-0.39, 0.29) is 17.7 Å². The van der Waals surface area contributed by atoms with Gasteiger partial charge < -0.3 is 20.4 Å². The van der Waals surface area contributed by atoms with Gasteiger partial charge in [-0.3, -0.25) is 4.79 Å². The van der Waals surface area contributed by atoms with Crippen molar-refractivity contribution in [3.63, 3.8) is 0 Å². The molecule has 0 spiro atoms. The van der Waals surface area contributed by atoms with E-state index in [0.29, 0.717) is 10.7 Å². The maximum atomic E-state index is 10.2. The third kappa shape index (κ3) is 3.62. The molecule has 4 N–H and O–H groups in total. The second-order valence-electron chi connectivity index (χ2n) is 2.42. The Hall–Kier alpha value is -1.28. The van der Waals surface area contributed by atoms with Crippen LogP contribution in [0.2, 0.25) is 0 Å². The zero-order valence-electron chi connectivity index (χ0n) is 7.03. The summed E-state index contributed by atoms with van der Waals surface area (Å²) in [6, 6.07) is 0. The molecule has 0 bridgehead atoms. The van der Waals surface area contributed by atoms with Crippen molar-refractivity contribution in [2.75, 3.05) is 11.9 Å². The predicted octanol–water partition coefficient (Wildman–Crippen LogP) is 1.08. The van der Waals surface area contributed by atoms with Gasteiger partial charge in [-0.25, -0.2) is 0 Å². The van der Waals surface area contributed by atoms with E-state index in [1.165, 1.54) is 0 Å². The third-order valence-corrected chi connectivity index (χ3v) is 1.69. The van der Waals surface area contributed by atoms with Crippen LogP contribution in [0.25, 0.3) is 0 Å². The molecule has 0 amide bonds. The van der Waals surface area contributed by atoms with Crippen molar-refractivity contribution >= 4 is 36.4 Å². The van der Waals surface area contributed by atoms with E-state index in [1.54, 1.807) is 0 Å². The Balaban J connectivity index is 2.63. The molecule has 1 rings (SSSR count). The average Bonchev–Trinajstić information content (AvgIpc) is 2.01. The summed E-state index contributed by atoms with van der Waals surface area (Å²) in [4.78, 5) is 19.4. The summed E-state index contributed by atoms with van der Waals surface area (Å²) in [6.45, 7) is 0.270. The van der Waals surface area contributed by atoms with Crippen LogP contribution < -0.4 is 5.32 Å². The summed E-state index contributed by atoms with van der Waals surface area (Å²) in [5.74, 6) is -0.503. The number of nitrogens with one attached hydrogen (secondary N) is 3. The molecule has 0 unspecified atom stereocenters. The van der Waals surface area contributed by atoms with Crippen LogP contribution >= 0.6 is 24.4 Å². The molecule has 0 aliphatic rings. The number of carboxylic acid groups (broad SMARTS) is 1. The monoisotopic (exact) mass is 232 g/mol. The molecule has 0 saturated carbocycles. The second kappa shape index (κ2) is 4.82. The van der Waals surface area contributed by atoms with Crippen molar-refractivity contribution in [2.45, 2.75) is 6.42 Å². The molecule has 0 fully saturated rings. The molecule has 0 aromatic carbocycles. The van der Waals surface area contributed by atoms with E-state index in [4.69, 9.17) is 29.5 Å². The summed E-state index contributed by atoms with van der Waals surface area (Å²) in [5, 5.41) is 11.1. The van der Waals surface area contributed by atoms with Crippen LogP contribution in [-0.2, 0) is 4.79 Å².